The second kappa shape index (κ2) is 7.08. The Kier molecular flexibility index (Phi) is 4.87. The van der Waals surface area contributed by atoms with Crippen LogP contribution < -0.4 is 10.6 Å². The third kappa shape index (κ3) is 4.07. The molecule has 0 spiro atoms. The quantitative estimate of drug-likeness (QED) is 0.700. The highest BCUT2D eigenvalue weighted by Crippen LogP contribution is 2.32. The highest BCUT2D eigenvalue weighted by Gasteiger charge is 2.14. The minimum Gasteiger partial charge on any atom is -0.360 e. The van der Waals surface area contributed by atoms with Crippen LogP contribution >= 0.6 is 23.2 Å². The summed E-state index contributed by atoms with van der Waals surface area (Å²) in [4.78, 5) is 20.7. The van der Waals surface area contributed by atoms with Crippen LogP contribution in [-0.4, -0.2) is 21.0 Å². The fraction of sp³-hybridized carbons (Fsp3) is 0.125. The van der Waals surface area contributed by atoms with E-state index >= 15 is 0 Å². The molecule has 3 aromatic rings. The van der Waals surface area contributed by atoms with Crippen molar-refractivity contribution < 1.29 is 9.32 Å². The molecule has 0 saturated heterocycles. The van der Waals surface area contributed by atoms with E-state index in [-0.39, 0.29) is 5.69 Å². The number of para-hydroxylation sites is 1. The molecule has 0 aliphatic heterocycles. The van der Waals surface area contributed by atoms with Crippen molar-refractivity contribution in [2.45, 2.75) is 13.8 Å². The Bertz CT molecular complexity index is 922. The first-order valence-corrected chi connectivity index (χ1v) is 7.99. The molecule has 7 nitrogen and oxygen atoms in total. The Labute approximate surface area is 153 Å². The van der Waals surface area contributed by atoms with Gasteiger partial charge in [0.1, 0.15) is 23.1 Å². The molecule has 2 heterocycles. The van der Waals surface area contributed by atoms with Crippen LogP contribution in [0.15, 0.2) is 34.9 Å². The largest absolute Gasteiger partial charge is 0.360 e. The van der Waals surface area contributed by atoms with Gasteiger partial charge in [-0.1, -0.05) is 34.4 Å². The van der Waals surface area contributed by atoms with E-state index in [4.69, 9.17) is 27.7 Å². The fourth-order valence-electron chi connectivity index (χ4n) is 2.10. The normalized spacial score (nSPS) is 10.6. The lowest BCUT2D eigenvalue weighted by Gasteiger charge is -2.11. The zero-order valence-electron chi connectivity index (χ0n) is 13.3. The highest BCUT2D eigenvalue weighted by molar-refractivity contribution is 6.39. The highest BCUT2D eigenvalue weighted by atomic mass is 35.5. The maximum atomic E-state index is 12.4. The average Bonchev–Trinajstić information content (AvgIpc) is 2.95. The van der Waals surface area contributed by atoms with Crippen LogP contribution in [0, 0.1) is 13.8 Å². The number of aromatic nitrogens is 3. The van der Waals surface area contributed by atoms with Crippen molar-refractivity contribution in [1.29, 1.82) is 0 Å². The topological polar surface area (TPSA) is 92.9 Å². The molecule has 128 valence electrons. The molecule has 0 unspecified atom stereocenters. The summed E-state index contributed by atoms with van der Waals surface area (Å²) in [6, 6.07) is 8.23. The van der Waals surface area contributed by atoms with Gasteiger partial charge in [0.05, 0.1) is 15.7 Å². The van der Waals surface area contributed by atoms with E-state index in [2.05, 4.69) is 25.8 Å². The molecule has 2 aromatic heterocycles. The molecule has 0 atom stereocenters. The number of benzene rings is 1. The summed E-state index contributed by atoms with van der Waals surface area (Å²) in [6.45, 7) is 3.41. The van der Waals surface area contributed by atoms with Gasteiger partial charge in [0, 0.05) is 12.1 Å². The van der Waals surface area contributed by atoms with Gasteiger partial charge in [-0.3, -0.25) is 4.79 Å². The molecule has 0 bridgehead atoms. The Balaban J connectivity index is 1.86. The van der Waals surface area contributed by atoms with E-state index in [1.54, 1.807) is 38.1 Å². The number of carbonyl (C=O) groups is 1. The molecule has 0 radical (unpaired) electrons. The standard InChI is InChI=1S/C16H13Cl2N5O2/c1-8-6-14(23-25-8)22-16(24)12-7-13(20-9(2)19-12)21-15-10(17)4-3-5-11(15)18/h3-7H,1-2H3,(H,19,20,21)(H,22,23,24). The number of hydrogen-bond donors (Lipinski definition) is 2. The summed E-state index contributed by atoms with van der Waals surface area (Å²) < 4.78 is 4.91. The van der Waals surface area contributed by atoms with Crippen LogP contribution in [0.25, 0.3) is 0 Å². The number of aryl methyl sites for hydroxylation is 2. The monoisotopic (exact) mass is 377 g/mol. The molecular formula is C16H13Cl2N5O2. The zero-order chi connectivity index (χ0) is 18.0. The van der Waals surface area contributed by atoms with E-state index < -0.39 is 5.91 Å². The van der Waals surface area contributed by atoms with Crippen molar-refractivity contribution in [1.82, 2.24) is 15.1 Å². The number of rotatable bonds is 4. The molecule has 0 aliphatic carbocycles. The maximum Gasteiger partial charge on any atom is 0.275 e. The Morgan fingerprint density at radius 1 is 1.08 bits per heavy atom. The van der Waals surface area contributed by atoms with Gasteiger partial charge < -0.3 is 15.2 Å². The molecule has 0 fully saturated rings. The lowest BCUT2D eigenvalue weighted by Crippen LogP contribution is -2.15. The van der Waals surface area contributed by atoms with Crippen LogP contribution in [0.1, 0.15) is 22.1 Å². The number of nitrogens with zero attached hydrogens (tertiary/aromatic N) is 3. The van der Waals surface area contributed by atoms with Crippen LogP contribution in [0.4, 0.5) is 17.3 Å². The number of halogens is 2. The number of nitrogens with one attached hydrogen (secondary N) is 2. The van der Waals surface area contributed by atoms with Gasteiger partial charge >= 0.3 is 0 Å². The fourth-order valence-corrected chi connectivity index (χ4v) is 2.59. The van der Waals surface area contributed by atoms with E-state index in [1.165, 1.54) is 6.07 Å². The molecular weight excluding hydrogens is 365 g/mol. The number of anilines is 3. The smallest absolute Gasteiger partial charge is 0.275 e. The first kappa shape index (κ1) is 17.2. The lowest BCUT2D eigenvalue weighted by atomic mass is 10.3. The van der Waals surface area contributed by atoms with Gasteiger partial charge in [-0.25, -0.2) is 9.97 Å². The summed E-state index contributed by atoms with van der Waals surface area (Å²) in [7, 11) is 0. The molecule has 1 amide bonds. The third-order valence-corrected chi connectivity index (χ3v) is 3.79. The minimum atomic E-state index is -0.438. The lowest BCUT2D eigenvalue weighted by molar-refractivity contribution is 0.102. The second-order valence-corrected chi connectivity index (χ2v) is 6.00. The summed E-state index contributed by atoms with van der Waals surface area (Å²) in [5.41, 5.74) is 0.668. The average molecular weight is 378 g/mol. The van der Waals surface area contributed by atoms with E-state index in [0.29, 0.717) is 39.0 Å². The van der Waals surface area contributed by atoms with Gasteiger partial charge in [-0.05, 0) is 26.0 Å². The van der Waals surface area contributed by atoms with E-state index in [9.17, 15) is 4.79 Å². The molecule has 3 rings (SSSR count). The van der Waals surface area contributed by atoms with Crippen molar-refractivity contribution in [2.75, 3.05) is 10.6 Å². The van der Waals surface area contributed by atoms with Crippen LogP contribution in [0.2, 0.25) is 10.0 Å². The van der Waals surface area contributed by atoms with Gasteiger partial charge in [-0.15, -0.1) is 0 Å². The Hall–Kier alpha value is -2.64. The third-order valence-electron chi connectivity index (χ3n) is 3.16. The zero-order valence-corrected chi connectivity index (χ0v) is 14.8. The van der Waals surface area contributed by atoms with Crippen LogP contribution in [-0.2, 0) is 0 Å². The van der Waals surface area contributed by atoms with Crippen LogP contribution in [0.3, 0.4) is 0 Å². The molecule has 25 heavy (non-hydrogen) atoms. The van der Waals surface area contributed by atoms with Gasteiger partial charge in [0.25, 0.3) is 5.91 Å². The predicted octanol–water partition coefficient (Wildman–Crippen LogP) is 4.38. The molecule has 0 saturated carbocycles. The predicted molar refractivity (Wildman–Crippen MR) is 95.7 cm³/mol. The summed E-state index contributed by atoms with van der Waals surface area (Å²) in [6.07, 6.45) is 0. The molecule has 2 N–H and O–H groups in total. The molecule has 1 aromatic carbocycles. The van der Waals surface area contributed by atoms with E-state index in [0.717, 1.165) is 0 Å². The second-order valence-electron chi connectivity index (χ2n) is 5.18. The maximum absolute atomic E-state index is 12.4. The summed E-state index contributed by atoms with van der Waals surface area (Å²) in [5, 5.41) is 10.2. The number of amides is 1. The van der Waals surface area contributed by atoms with Gasteiger partial charge in [0.15, 0.2) is 5.82 Å². The first-order chi connectivity index (χ1) is 11.9. The van der Waals surface area contributed by atoms with Crippen molar-refractivity contribution in [3.8, 4) is 0 Å². The first-order valence-electron chi connectivity index (χ1n) is 7.24. The van der Waals surface area contributed by atoms with Gasteiger partial charge in [0.2, 0.25) is 0 Å². The Morgan fingerprint density at radius 2 is 1.80 bits per heavy atom. The molecule has 0 aliphatic rings. The number of hydrogen-bond acceptors (Lipinski definition) is 6. The SMILES string of the molecule is Cc1nc(Nc2c(Cl)cccc2Cl)cc(C(=O)Nc2cc(C)on2)n1. The molecule has 9 heteroatoms. The van der Waals surface area contributed by atoms with Crippen molar-refractivity contribution in [3.63, 3.8) is 0 Å². The van der Waals surface area contributed by atoms with Crippen molar-refractivity contribution in [3.05, 3.63) is 57.7 Å². The Morgan fingerprint density at radius 3 is 2.44 bits per heavy atom. The minimum absolute atomic E-state index is 0.166. The number of carbonyl (C=O) groups excluding carboxylic acids is 1. The van der Waals surface area contributed by atoms with E-state index in [1.807, 2.05) is 0 Å². The summed E-state index contributed by atoms with van der Waals surface area (Å²) in [5.74, 6) is 1.26. The van der Waals surface area contributed by atoms with Crippen molar-refractivity contribution in [2.24, 2.45) is 0 Å². The van der Waals surface area contributed by atoms with Crippen LogP contribution in [0.5, 0.6) is 0 Å². The van der Waals surface area contributed by atoms with Gasteiger partial charge in [-0.2, -0.15) is 0 Å². The van der Waals surface area contributed by atoms with Crippen molar-refractivity contribution >= 4 is 46.4 Å². The summed E-state index contributed by atoms with van der Waals surface area (Å²) >= 11 is 12.3.